The highest BCUT2D eigenvalue weighted by Gasteiger charge is 2.18. The molecule has 32 heavy (non-hydrogen) atoms. The summed E-state index contributed by atoms with van der Waals surface area (Å²) in [4.78, 5) is 26.0. The van der Waals surface area contributed by atoms with Crippen molar-refractivity contribution >= 4 is 39.8 Å². The van der Waals surface area contributed by atoms with Crippen molar-refractivity contribution in [2.45, 2.75) is 6.61 Å². The third-order valence-electron chi connectivity index (χ3n) is 5.45. The first-order valence-electron chi connectivity index (χ1n) is 10.0. The lowest BCUT2D eigenvalue weighted by atomic mass is 10.1. The molecule has 1 aliphatic heterocycles. The van der Waals surface area contributed by atoms with Crippen LogP contribution >= 0.6 is 11.6 Å². The van der Waals surface area contributed by atoms with Crippen LogP contribution in [-0.4, -0.2) is 46.0 Å². The number of imidazole rings is 1. The number of amides is 1. The van der Waals surface area contributed by atoms with E-state index in [4.69, 9.17) is 16.3 Å². The molecule has 0 saturated carbocycles. The molecule has 5 rings (SSSR count). The van der Waals surface area contributed by atoms with Gasteiger partial charge in [0.25, 0.3) is 5.91 Å². The van der Waals surface area contributed by atoms with Gasteiger partial charge in [0, 0.05) is 42.0 Å². The minimum atomic E-state index is -0.555. The summed E-state index contributed by atoms with van der Waals surface area (Å²) in [5.41, 5.74) is 3.78. The summed E-state index contributed by atoms with van der Waals surface area (Å²) < 4.78 is 20.8. The Hall–Kier alpha value is -3.49. The SMILES string of the molecule is CN1CCOCc2ccc(Cl)c(F)c2Nc2ccnc3ccc(cc23)-c2cnc([nH]2)C1=O. The van der Waals surface area contributed by atoms with E-state index < -0.39 is 5.82 Å². The number of likely N-dealkylation sites (N-methyl/N-ethyl adjacent to an activating group) is 1. The van der Waals surface area contributed by atoms with Crippen molar-refractivity contribution in [2.24, 2.45) is 0 Å². The van der Waals surface area contributed by atoms with Crippen LogP contribution in [0, 0.1) is 5.82 Å². The van der Waals surface area contributed by atoms with E-state index in [9.17, 15) is 4.79 Å². The second-order valence-corrected chi connectivity index (χ2v) is 7.94. The predicted molar refractivity (Wildman–Crippen MR) is 121 cm³/mol. The van der Waals surface area contributed by atoms with Gasteiger partial charge >= 0.3 is 0 Å². The first-order valence-corrected chi connectivity index (χ1v) is 10.4. The fourth-order valence-electron chi connectivity index (χ4n) is 3.65. The normalized spacial score (nSPS) is 14.5. The van der Waals surface area contributed by atoms with E-state index in [1.807, 2.05) is 18.2 Å². The first-order chi connectivity index (χ1) is 15.5. The minimum absolute atomic E-state index is 0.0139. The highest BCUT2D eigenvalue weighted by Crippen LogP contribution is 2.34. The van der Waals surface area contributed by atoms with Crippen LogP contribution in [0.4, 0.5) is 15.8 Å². The van der Waals surface area contributed by atoms with Crippen LogP contribution in [-0.2, 0) is 11.3 Å². The average Bonchev–Trinajstić information content (AvgIpc) is 3.30. The molecule has 0 saturated heterocycles. The van der Waals surface area contributed by atoms with E-state index in [0.717, 1.165) is 16.5 Å². The van der Waals surface area contributed by atoms with Crippen LogP contribution < -0.4 is 5.32 Å². The van der Waals surface area contributed by atoms with Gasteiger partial charge in [-0.2, -0.15) is 0 Å². The molecular formula is C23H19ClFN5O2. The van der Waals surface area contributed by atoms with Gasteiger partial charge in [0.15, 0.2) is 11.6 Å². The van der Waals surface area contributed by atoms with Gasteiger partial charge in [-0.1, -0.05) is 23.7 Å². The number of hydrogen-bond acceptors (Lipinski definition) is 5. The third kappa shape index (κ3) is 3.68. The summed E-state index contributed by atoms with van der Waals surface area (Å²) in [7, 11) is 1.68. The van der Waals surface area contributed by atoms with E-state index in [1.54, 1.807) is 31.6 Å². The summed E-state index contributed by atoms with van der Waals surface area (Å²) >= 11 is 6.07. The number of ether oxygens (including phenoxy) is 1. The van der Waals surface area contributed by atoms with Crippen LogP contribution in [0.5, 0.6) is 0 Å². The molecule has 0 radical (unpaired) electrons. The Bertz CT molecular complexity index is 1340. The average molecular weight is 452 g/mol. The molecule has 4 bridgehead atoms. The number of halogens is 2. The molecule has 3 heterocycles. The quantitative estimate of drug-likeness (QED) is 0.402. The molecule has 2 aromatic heterocycles. The number of rotatable bonds is 0. The molecule has 0 spiro atoms. The molecule has 7 nitrogen and oxygen atoms in total. The minimum Gasteiger partial charge on any atom is -0.375 e. The Labute approximate surface area is 188 Å². The van der Waals surface area contributed by atoms with Gasteiger partial charge in [-0.25, -0.2) is 9.37 Å². The maximum absolute atomic E-state index is 15.0. The van der Waals surface area contributed by atoms with Crippen LogP contribution in [0.3, 0.4) is 0 Å². The zero-order valence-electron chi connectivity index (χ0n) is 17.2. The van der Waals surface area contributed by atoms with Gasteiger partial charge < -0.3 is 19.9 Å². The number of aromatic nitrogens is 3. The Morgan fingerprint density at radius 2 is 2.06 bits per heavy atom. The molecule has 0 fully saturated rings. The number of benzene rings is 2. The molecule has 2 N–H and O–H groups in total. The predicted octanol–water partition coefficient (Wildman–Crippen LogP) is 4.76. The standard InChI is InChI=1S/C23H19ClFN5O2/c1-30-8-9-32-12-14-2-4-16(24)20(25)21(14)28-18-6-7-26-17-5-3-13(10-15(17)18)19-11-27-22(29-19)23(30)31/h2-7,10-11,28H,8-9,12H2,1H3,(H,27,29). The van der Waals surface area contributed by atoms with Crippen LogP contribution in [0.2, 0.25) is 5.02 Å². The lowest BCUT2D eigenvalue weighted by Gasteiger charge is -2.18. The second kappa shape index (κ2) is 8.22. The Morgan fingerprint density at radius 3 is 2.94 bits per heavy atom. The van der Waals surface area contributed by atoms with Crippen molar-refractivity contribution in [1.29, 1.82) is 0 Å². The zero-order valence-corrected chi connectivity index (χ0v) is 17.9. The number of hydrogen-bond donors (Lipinski definition) is 2. The third-order valence-corrected chi connectivity index (χ3v) is 5.74. The highest BCUT2D eigenvalue weighted by molar-refractivity contribution is 6.31. The van der Waals surface area contributed by atoms with Crippen LogP contribution in [0.15, 0.2) is 48.8 Å². The van der Waals surface area contributed by atoms with Crippen molar-refractivity contribution in [2.75, 3.05) is 25.5 Å². The molecular weight excluding hydrogens is 433 g/mol. The van der Waals surface area contributed by atoms with E-state index in [0.29, 0.717) is 23.5 Å². The molecule has 162 valence electrons. The van der Waals surface area contributed by atoms with E-state index in [2.05, 4.69) is 20.3 Å². The van der Waals surface area contributed by atoms with Crippen LogP contribution in [0.1, 0.15) is 16.2 Å². The lowest BCUT2D eigenvalue weighted by Crippen LogP contribution is -2.31. The molecule has 0 unspecified atom stereocenters. The fraction of sp³-hybridized carbons (Fsp3) is 0.174. The number of nitrogens with one attached hydrogen (secondary N) is 2. The summed E-state index contributed by atoms with van der Waals surface area (Å²) in [6, 6.07) is 10.7. The maximum Gasteiger partial charge on any atom is 0.289 e. The molecule has 0 aliphatic carbocycles. The number of H-pyrrole nitrogens is 1. The van der Waals surface area contributed by atoms with E-state index >= 15 is 4.39 Å². The smallest absolute Gasteiger partial charge is 0.289 e. The zero-order chi connectivity index (χ0) is 22.2. The number of anilines is 2. The van der Waals surface area contributed by atoms with Gasteiger partial charge in [0.05, 0.1) is 41.3 Å². The number of pyridine rings is 1. The molecule has 4 aromatic rings. The molecule has 0 atom stereocenters. The molecule has 9 heteroatoms. The topological polar surface area (TPSA) is 83.1 Å². The van der Waals surface area contributed by atoms with Crippen LogP contribution in [0.25, 0.3) is 22.2 Å². The number of nitrogens with zero attached hydrogens (tertiary/aromatic N) is 3. The summed E-state index contributed by atoms with van der Waals surface area (Å²) in [5.74, 6) is -0.545. The second-order valence-electron chi connectivity index (χ2n) is 7.54. The molecule has 1 aliphatic rings. The fourth-order valence-corrected chi connectivity index (χ4v) is 3.80. The molecule has 2 aromatic carbocycles. The van der Waals surface area contributed by atoms with Crippen molar-refractivity contribution in [3.05, 3.63) is 71.0 Å². The highest BCUT2D eigenvalue weighted by atomic mass is 35.5. The summed E-state index contributed by atoms with van der Waals surface area (Å²) in [6.45, 7) is 0.782. The van der Waals surface area contributed by atoms with Gasteiger partial charge in [-0.05, 0) is 24.3 Å². The van der Waals surface area contributed by atoms with Gasteiger partial charge in [-0.15, -0.1) is 0 Å². The first kappa shape index (κ1) is 20.4. The lowest BCUT2D eigenvalue weighted by molar-refractivity contribution is 0.0662. The van der Waals surface area contributed by atoms with E-state index in [1.165, 1.54) is 11.0 Å². The summed E-state index contributed by atoms with van der Waals surface area (Å²) in [5, 5.41) is 3.99. The van der Waals surface area contributed by atoms with Gasteiger partial charge in [0.1, 0.15) is 0 Å². The van der Waals surface area contributed by atoms with Crippen molar-refractivity contribution in [1.82, 2.24) is 19.9 Å². The Morgan fingerprint density at radius 1 is 1.19 bits per heavy atom. The Kier molecular flexibility index (Phi) is 5.24. The molecule has 1 amide bonds. The van der Waals surface area contributed by atoms with Crippen molar-refractivity contribution in [3.63, 3.8) is 0 Å². The number of aromatic amines is 1. The monoisotopic (exact) mass is 451 g/mol. The number of carbonyl (C=O) groups is 1. The maximum atomic E-state index is 15.0. The van der Waals surface area contributed by atoms with Crippen molar-refractivity contribution in [3.8, 4) is 11.3 Å². The number of carbonyl (C=O) groups excluding carboxylic acids is 1. The van der Waals surface area contributed by atoms with Crippen molar-refractivity contribution < 1.29 is 13.9 Å². The summed E-state index contributed by atoms with van der Waals surface area (Å²) in [6.07, 6.45) is 3.28. The Balaban J connectivity index is 1.68. The van der Waals surface area contributed by atoms with E-state index in [-0.39, 0.29) is 35.7 Å². The van der Waals surface area contributed by atoms with Gasteiger partial charge in [0.2, 0.25) is 0 Å². The van der Waals surface area contributed by atoms with Gasteiger partial charge in [-0.3, -0.25) is 9.78 Å². The number of fused-ring (bicyclic) bond motifs is 5. The largest absolute Gasteiger partial charge is 0.375 e.